The molecule has 0 heterocycles. The Kier molecular flexibility index (Phi) is 10.7. The molecule has 0 amide bonds. The molecule has 0 spiro atoms. The van der Waals surface area contributed by atoms with E-state index in [4.69, 9.17) is 0 Å². The lowest BCUT2D eigenvalue weighted by atomic mass is 9.64. The second-order valence-electron chi connectivity index (χ2n) is 8.80. The van der Waals surface area contributed by atoms with Crippen molar-refractivity contribution in [1.29, 1.82) is 0 Å². The van der Waals surface area contributed by atoms with E-state index >= 15 is 0 Å². The number of hydrogen-bond acceptors (Lipinski definition) is 0. The summed E-state index contributed by atoms with van der Waals surface area (Å²) in [7, 11) is 0. The molecular formula is C21H44F2O2. The predicted octanol–water partition coefficient (Wildman–Crippen LogP) is 5.57. The van der Waals surface area contributed by atoms with E-state index in [0.717, 1.165) is 43.4 Å². The smallest absolute Gasteiger partial charge is 0.134 e. The summed E-state index contributed by atoms with van der Waals surface area (Å²) in [5.41, 5.74) is 0. The molecule has 4 unspecified atom stereocenters. The van der Waals surface area contributed by atoms with Gasteiger partial charge in [-0.3, -0.25) is 0 Å². The van der Waals surface area contributed by atoms with Crippen LogP contribution >= 0.6 is 0 Å². The van der Waals surface area contributed by atoms with E-state index in [-0.39, 0.29) is 31.6 Å². The van der Waals surface area contributed by atoms with Gasteiger partial charge < -0.3 is 11.0 Å². The highest BCUT2D eigenvalue weighted by Crippen LogP contribution is 2.46. The topological polar surface area (TPSA) is 63.0 Å². The number of rotatable bonds is 2. The van der Waals surface area contributed by atoms with Crippen LogP contribution in [0.2, 0.25) is 0 Å². The van der Waals surface area contributed by atoms with E-state index in [1.54, 1.807) is 0 Å². The van der Waals surface area contributed by atoms with Gasteiger partial charge in [0.1, 0.15) is 12.3 Å². The second kappa shape index (κ2) is 10.8. The van der Waals surface area contributed by atoms with E-state index in [1.165, 1.54) is 38.5 Å². The van der Waals surface area contributed by atoms with Gasteiger partial charge in [-0.1, -0.05) is 34.1 Å². The molecule has 3 aliphatic carbocycles. The van der Waals surface area contributed by atoms with Crippen LogP contribution < -0.4 is 0 Å². The van der Waals surface area contributed by atoms with Gasteiger partial charge in [0.2, 0.25) is 0 Å². The van der Waals surface area contributed by atoms with Crippen LogP contribution in [0.25, 0.3) is 0 Å². The van der Waals surface area contributed by atoms with Crippen LogP contribution in [0, 0.1) is 35.5 Å². The molecule has 25 heavy (non-hydrogen) atoms. The van der Waals surface area contributed by atoms with Gasteiger partial charge in [-0.25, -0.2) is 8.78 Å². The molecule has 154 valence electrons. The molecule has 3 fully saturated rings. The molecule has 3 rings (SSSR count). The molecule has 0 aromatic heterocycles. The van der Waals surface area contributed by atoms with Crippen molar-refractivity contribution in [2.45, 2.75) is 97.8 Å². The van der Waals surface area contributed by atoms with Crippen molar-refractivity contribution in [3.05, 3.63) is 0 Å². The van der Waals surface area contributed by atoms with Crippen molar-refractivity contribution >= 4 is 0 Å². The Labute approximate surface area is 155 Å². The first-order valence-corrected chi connectivity index (χ1v) is 9.84. The number of hydrogen-bond donors (Lipinski definition) is 0. The molecule has 0 bridgehead atoms. The zero-order chi connectivity index (χ0) is 15.7. The maximum absolute atomic E-state index is 14.4. The zero-order valence-corrected chi connectivity index (χ0v) is 15.4. The Balaban J connectivity index is 0. The molecule has 4 atom stereocenters. The lowest BCUT2D eigenvalue weighted by molar-refractivity contribution is -0.00996. The second-order valence-corrected chi connectivity index (χ2v) is 8.80. The fourth-order valence-electron chi connectivity index (χ4n) is 5.62. The summed E-state index contributed by atoms with van der Waals surface area (Å²) in [6.07, 6.45) is 9.89. The summed E-state index contributed by atoms with van der Waals surface area (Å²) in [4.78, 5) is 0. The molecule has 4 heteroatoms. The van der Waals surface area contributed by atoms with Crippen LogP contribution in [0.1, 0.15) is 86.9 Å². The van der Waals surface area contributed by atoms with Crippen molar-refractivity contribution in [2.75, 3.05) is 0 Å². The SMILES string of the molecule is C.CC1CCC(C2CCC(C3CCC(C)C(F)C3F)CC2)CC1.O.O.[HH]. The standard InChI is InChI=1S/C20H34F2.CH4.2H2O.H2/c1-13-3-6-15(7-4-13)16-8-10-17(11-9-16)18-12-5-14(2)19(21)20(18)22;;;;/h13-20H,3-12H2,1-2H3;1H4;2*1H2;1H. The molecule has 0 saturated heterocycles. The summed E-state index contributed by atoms with van der Waals surface area (Å²) in [6, 6.07) is 0. The molecule has 0 radical (unpaired) electrons. The normalized spacial score (nSPS) is 44.6. The Morgan fingerprint density at radius 3 is 1.56 bits per heavy atom. The minimum absolute atomic E-state index is 0. The fraction of sp³-hybridized carbons (Fsp3) is 1.00. The number of halogens is 2. The van der Waals surface area contributed by atoms with Crippen molar-refractivity contribution in [1.82, 2.24) is 0 Å². The summed E-state index contributed by atoms with van der Waals surface area (Å²) < 4.78 is 28.4. The molecule has 3 aliphatic rings. The molecule has 0 aromatic carbocycles. The maximum Gasteiger partial charge on any atom is 0.134 e. The van der Waals surface area contributed by atoms with Crippen LogP contribution in [0.5, 0.6) is 0 Å². The van der Waals surface area contributed by atoms with E-state index in [2.05, 4.69) is 6.92 Å². The first-order valence-electron chi connectivity index (χ1n) is 9.84. The van der Waals surface area contributed by atoms with Crippen molar-refractivity contribution in [2.24, 2.45) is 35.5 Å². The highest BCUT2D eigenvalue weighted by Gasteiger charge is 2.43. The highest BCUT2D eigenvalue weighted by atomic mass is 19.2. The van der Waals surface area contributed by atoms with Gasteiger partial charge in [-0.05, 0) is 86.9 Å². The van der Waals surface area contributed by atoms with Gasteiger partial charge in [0.05, 0.1) is 0 Å². The Morgan fingerprint density at radius 2 is 1.04 bits per heavy atom. The van der Waals surface area contributed by atoms with Gasteiger partial charge in [-0.15, -0.1) is 0 Å². The highest BCUT2D eigenvalue weighted by molar-refractivity contribution is 4.92. The average Bonchev–Trinajstić information content (AvgIpc) is 2.54. The molecule has 4 N–H and O–H groups in total. The molecule has 2 nitrogen and oxygen atoms in total. The first kappa shape index (κ1) is 24.8. The predicted molar refractivity (Wildman–Crippen MR) is 104 cm³/mol. The van der Waals surface area contributed by atoms with E-state index in [9.17, 15) is 8.78 Å². The van der Waals surface area contributed by atoms with Crippen LogP contribution in [0.4, 0.5) is 8.78 Å². The molecular weight excluding hydrogens is 322 g/mol. The third kappa shape index (κ3) is 5.63. The van der Waals surface area contributed by atoms with Gasteiger partial charge in [-0.2, -0.15) is 0 Å². The largest absolute Gasteiger partial charge is 0.412 e. The monoisotopic (exact) mass is 366 g/mol. The minimum atomic E-state index is -1.21. The van der Waals surface area contributed by atoms with Crippen LogP contribution in [0.3, 0.4) is 0 Å². The van der Waals surface area contributed by atoms with Crippen molar-refractivity contribution < 1.29 is 21.2 Å². The van der Waals surface area contributed by atoms with Crippen LogP contribution in [-0.4, -0.2) is 23.3 Å². The molecule has 0 aromatic rings. The summed E-state index contributed by atoms with van der Waals surface area (Å²) >= 11 is 0. The maximum atomic E-state index is 14.4. The summed E-state index contributed by atoms with van der Waals surface area (Å²) in [5, 5.41) is 0. The Morgan fingerprint density at radius 1 is 0.600 bits per heavy atom. The number of alkyl halides is 2. The third-order valence-electron chi connectivity index (χ3n) is 7.36. The zero-order valence-electron chi connectivity index (χ0n) is 15.4. The van der Waals surface area contributed by atoms with Crippen LogP contribution in [0.15, 0.2) is 0 Å². The molecule has 0 aliphatic heterocycles. The quantitative estimate of drug-likeness (QED) is 0.613. The first-order chi connectivity index (χ1) is 10.6. The summed E-state index contributed by atoms with van der Waals surface area (Å²) in [5.74, 6) is 3.12. The van der Waals surface area contributed by atoms with E-state index in [0.29, 0.717) is 5.92 Å². The fourth-order valence-corrected chi connectivity index (χ4v) is 5.62. The Bertz CT molecular complexity index is 356. The van der Waals surface area contributed by atoms with Gasteiger partial charge in [0.15, 0.2) is 0 Å². The minimum Gasteiger partial charge on any atom is -0.412 e. The van der Waals surface area contributed by atoms with E-state index < -0.39 is 12.3 Å². The summed E-state index contributed by atoms with van der Waals surface area (Å²) in [6.45, 7) is 4.25. The lowest BCUT2D eigenvalue weighted by Crippen LogP contribution is -2.41. The molecule has 3 saturated carbocycles. The van der Waals surface area contributed by atoms with E-state index in [1.807, 2.05) is 6.92 Å². The van der Waals surface area contributed by atoms with Crippen molar-refractivity contribution in [3.63, 3.8) is 0 Å². The van der Waals surface area contributed by atoms with Crippen molar-refractivity contribution in [3.8, 4) is 0 Å². The van der Waals surface area contributed by atoms with Gasteiger partial charge in [0.25, 0.3) is 0 Å². The van der Waals surface area contributed by atoms with Gasteiger partial charge in [0, 0.05) is 1.43 Å². The average molecular weight is 367 g/mol. The van der Waals surface area contributed by atoms with Gasteiger partial charge >= 0.3 is 0 Å². The van der Waals surface area contributed by atoms with Crippen LogP contribution in [-0.2, 0) is 0 Å². The lowest BCUT2D eigenvalue weighted by Gasteiger charge is -2.42. The Hall–Kier alpha value is -0.220. The third-order valence-corrected chi connectivity index (χ3v) is 7.36.